The molecule has 0 spiro atoms. The van der Waals surface area contributed by atoms with Gasteiger partial charge in [-0.05, 0) is 37.5 Å². The minimum atomic E-state index is 0.0567. The van der Waals surface area contributed by atoms with Gasteiger partial charge in [-0.2, -0.15) is 0 Å². The Balaban J connectivity index is 2.13. The highest BCUT2D eigenvalue weighted by Crippen LogP contribution is 2.28. The molecule has 1 amide bonds. The van der Waals surface area contributed by atoms with Gasteiger partial charge in [0.05, 0.1) is 6.61 Å². The number of anilines is 1. The Kier molecular flexibility index (Phi) is 3.87. The van der Waals surface area contributed by atoms with E-state index in [1.165, 1.54) is 0 Å². The van der Waals surface area contributed by atoms with Crippen molar-refractivity contribution < 1.29 is 9.53 Å². The van der Waals surface area contributed by atoms with Gasteiger partial charge in [0, 0.05) is 30.9 Å². The molecular formula is C14H20N2O2. The first-order chi connectivity index (χ1) is 8.63. The maximum absolute atomic E-state index is 12.4. The average molecular weight is 248 g/mol. The zero-order valence-corrected chi connectivity index (χ0v) is 11.0. The molecule has 2 N–H and O–H groups in total. The summed E-state index contributed by atoms with van der Waals surface area (Å²) in [6.07, 6.45) is 2.19. The Hall–Kier alpha value is -1.55. The number of hydrogen-bond acceptors (Lipinski definition) is 3. The Morgan fingerprint density at radius 2 is 2.22 bits per heavy atom. The van der Waals surface area contributed by atoms with Gasteiger partial charge in [-0.3, -0.25) is 4.79 Å². The minimum Gasteiger partial charge on any atom is -0.398 e. The number of benzene rings is 1. The molecule has 4 nitrogen and oxygen atoms in total. The maximum atomic E-state index is 12.4. The van der Waals surface area contributed by atoms with Crippen molar-refractivity contribution in [2.45, 2.75) is 25.8 Å². The van der Waals surface area contributed by atoms with Crippen LogP contribution < -0.4 is 5.73 Å². The van der Waals surface area contributed by atoms with Gasteiger partial charge in [-0.15, -0.1) is 0 Å². The number of rotatable bonds is 5. The van der Waals surface area contributed by atoms with Crippen LogP contribution in [0.4, 0.5) is 5.69 Å². The molecular weight excluding hydrogens is 228 g/mol. The lowest BCUT2D eigenvalue weighted by molar-refractivity contribution is 0.0680. The van der Waals surface area contributed by atoms with Gasteiger partial charge < -0.3 is 15.4 Å². The van der Waals surface area contributed by atoms with Gasteiger partial charge >= 0.3 is 0 Å². The second-order valence-electron chi connectivity index (χ2n) is 4.79. The number of carbonyl (C=O) groups excluding carboxylic acids is 1. The number of carbonyl (C=O) groups is 1. The summed E-state index contributed by atoms with van der Waals surface area (Å²) in [5.74, 6) is 0.0567. The highest BCUT2D eigenvalue weighted by atomic mass is 16.5. The predicted octanol–water partition coefficient (Wildman–Crippen LogP) is 1.83. The van der Waals surface area contributed by atoms with Gasteiger partial charge in [0.25, 0.3) is 5.91 Å². The number of methoxy groups -OCH3 is 1. The molecule has 0 heterocycles. The van der Waals surface area contributed by atoms with Crippen molar-refractivity contribution in [3.63, 3.8) is 0 Å². The molecule has 2 rings (SSSR count). The number of aryl methyl sites for hydroxylation is 1. The van der Waals surface area contributed by atoms with E-state index in [1.807, 2.05) is 24.0 Å². The Bertz CT molecular complexity index is 441. The van der Waals surface area contributed by atoms with Crippen LogP contribution in [-0.2, 0) is 4.74 Å². The zero-order chi connectivity index (χ0) is 13.1. The lowest BCUT2D eigenvalue weighted by Gasteiger charge is -2.22. The average Bonchev–Trinajstić information content (AvgIpc) is 3.17. The van der Waals surface area contributed by atoms with Crippen molar-refractivity contribution in [1.29, 1.82) is 0 Å². The summed E-state index contributed by atoms with van der Waals surface area (Å²) in [7, 11) is 1.65. The second-order valence-corrected chi connectivity index (χ2v) is 4.79. The van der Waals surface area contributed by atoms with Crippen LogP contribution in [0.15, 0.2) is 18.2 Å². The van der Waals surface area contributed by atoms with E-state index >= 15 is 0 Å². The lowest BCUT2D eigenvalue weighted by atomic mass is 10.1. The van der Waals surface area contributed by atoms with E-state index < -0.39 is 0 Å². The normalized spacial score (nSPS) is 14.6. The van der Waals surface area contributed by atoms with Gasteiger partial charge in [0.2, 0.25) is 0 Å². The molecule has 18 heavy (non-hydrogen) atoms. The largest absolute Gasteiger partial charge is 0.398 e. The molecule has 1 aliphatic carbocycles. The predicted molar refractivity (Wildman–Crippen MR) is 71.5 cm³/mol. The summed E-state index contributed by atoms with van der Waals surface area (Å²) in [6.45, 7) is 3.16. The highest BCUT2D eigenvalue weighted by molar-refractivity contribution is 5.95. The van der Waals surface area contributed by atoms with Crippen LogP contribution in [0.1, 0.15) is 28.8 Å². The first-order valence-electron chi connectivity index (χ1n) is 6.29. The van der Waals surface area contributed by atoms with Crippen molar-refractivity contribution >= 4 is 11.6 Å². The third kappa shape index (κ3) is 2.82. The topological polar surface area (TPSA) is 55.6 Å². The molecule has 4 heteroatoms. The summed E-state index contributed by atoms with van der Waals surface area (Å²) < 4.78 is 5.06. The quantitative estimate of drug-likeness (QED) is 0.809. The van der Waals surface area contributed by atoms with Gasteiger partial charge in [0.1, 0.15) is 0 Å². The molecule has 0 saturated heterocycles. The number of nitrogen functional groups attached to an aromatic ring is 1. The summed E-state index contributed by atoms with van der Waals surface area (Å²) in [6, 6.07) is 5.88. The number of hydrogen-bond donors (Lipinski definition) is 1. The fourth-order valence-corrected chi connectivity index (χ4v) is 1.97. The van der Waals surface area contributed by atoms with E-state index in [2.05, 4.69) is 0 Å². The summed E-state index contributed by atoms with van der Waals surface area (Å²) >= 11 is 0. The van der Waals surface area contributed by atoms with Crippen molar-refractivity contribution in [1.82, 2.24) is 4.90 Å². The fraction of sp³-hybridized carbons (Fsp3) is 0.500. The molecule has 1 saturated carbocycles. The molecule has 1 aliphatic rings. The highest BCUT2D eigenvalue weighted by Gasteiger charge is 2.32. The van der Waals surface area contributed by atoms with Crippen LogP contribution in [0.5, 0.6) is 0 Å². The number of nitrogens with two attached hydrogens (primary N) is 1. The van der Waals surface area contributed by atoms with Crippen LogP contribution >= 0.6 is 0 Å². The van der Waals surface area contributed by atoms with Crippen LogP contribution in [0.3, 0.4) is 0 Å². The van der Waals surface area contributed by atoms with Crippen molar-refractivity contribution in [3.05, 3.63) is 29.3 Å². The monoisotopic (exact) mass is 248 g/mol. The molecule has 1 fully saturated rings. The van der Waals surface area contributed by atoms with Crippen LogP contribution in [-0.4, -0.2) is 37.1 Å². The Labute approximate surface area is 108 Å². The third-order valence-corrected chi connectivity index (χ3v) is 3.31. The Morgan fingerprint density at radius 1 is 1.50 bits per heavy atom. The van der Waals surface area contributed by atoms with E-state index in [1.54, 1.807) is 13.2 Å². The smallest absolute Gasteiger partial charge is 0.254 e. The van der Waals surface area contributed by atoms with Crippen LogP contribution in [0.2, 0.25) is 0 Å². The van der Waals surface area contributed by atoms with Crippen LogP contribution in [0, 0.1) is 6.92 Å². The van der Waals surface area contributed by atoms with Gasteiger partial charge in [-0.25, -0.2) is 0 Å². The summed E-state index contributed by atoms with van der Waals surface area (Å²) in [4.78, 5) is 14.3. The van der Waals surface area contributed by atoms with E-state index in [0.29, 0.717) is 30.4 Å². The molecule has 1 aromatic carbocycles. The second kappa shape index (κ2) is 5.40. The summed E-state index contributed by atoms with van der Waals surface area (Å²) in [5, 5.41) is 0. The van der Waals surface area contributed by atoms with Crippen molar-refractivity contribution in [2.24, 2.45) is 0 Å². The number of ether oxygens (including phenoxy) is 1. The van der Waals surface area contributed by atoms with Crippen molar-refractivity contribution in [2.75, 3.05) is 26.0 Å². The summed E-state index contributed by atoms with van der Waals surface area (Å²) in [5.41, 5.74) is 8.19. The van der Waals surface area contributed by atoms with Crippen molar-refractivity contribution in [3.8, 4) is 0 Å². The number of nitrogens with zero attached hydrogens (tertiary/aromatic N) is 1. The maximum Gasteiger partial charge on any atom is 0.254 e. The Morgan fingerprint density at radius 3 is 2.78 bits per heavy atom. The molecule has 0 unspecified atom stereocenters. The standard InChI is InChI=1S/C14H20N2O2/c1-10-3-4-11(9-13(10)15)14(17)16(7-8-18-2)12-5-6-12/h3-4,9,12H,5-8,15H2,1-2H3. The molecule has 0 aromatic heterocycles. The first-order valence-corrected chi connectivity index (χ1v) is 6.29. The van der Waals surface area contributed by atoms with Gasteiger partial charge in [-0.1, -0.05) is 6.07 Å². The number of amides is 1. The minimum absolute atomic E-state index is 0.0567. The van der Waals surface area contributed by atoms with E-state index in [0.717, 1.165) is 18.4 Å². The van der Waals surface area contributed by atoms with Crippen LogP contribution in [0.25, 0.3) is 0 Å². The SMILES string of the molecule is COCCN(C(=O)c1ccc(C)c(N)c1)C1CC1. The lowest BCUT2D eigenvalue weighted by Crippen LogP contribution is -2.35. The molecule has 0 atom stereocenters. The van der Waals surface area contributed by atoms with E-state index in [-0.39, 0.29) is 5.91 Å². The first kappa shape index (κ1) is 12.9. The third-order valence-electron chi connectivity index (χ3n) is 3.31. The van der Waals surface area contributed by atoms with Gasteiger partial charge in [0.15, 0.2) is 0 Å². The fourth-order valence-electron chi connectivity index (χ4n) is 1.97. The molecule has 98 valence electrons. The molecule has 1 aromatic rings. The van der Waals surface area contributed by atoms with E-state index in [9.17, 15) is 4.79 Å². The molecule has 0 bridgehead atoms. The van der Waals surface area contributed by atoms with E-state index in [4.69, 9.17) is 10.5 Å². The molecule has 0 radical (unpaired) electrons. The molecule has 0 aliphatic heterocycles. The zero-order valence-electron chi connectivity index (χ0n) is 11.0.